The van der Waals surface area contributed by atoms with Gasteiger partial charge in [0.05, 0.1) is 40.7 Å². The molecule has 4 heterocycles. The molecular weight excluding hydrogens is 500 g/mol. The van der Waals surface area contributed by atoms with Crippen molar-refractivity contribution in [3.63, 3.8) is 0 Å². The second-order valence-corrected chi connectivity index (χ2v) is 10.0. The molecule has 0 aliphatic carbocycles. The molecule has 0 saturated carbocycles. The molecule has 2 aromatic heterocycles. The van der Waals surface area contributed by atoms with Gasteiger partial charge in [-0.05, 0) is 23.3 Å². The number of anilines is 3. The Bertz CT molecular complexity index is 1480. The molecule has 1 N–H and O–H groups in total. The number of nitrogens with zero attached hydrogens (tertiary/aromatic N) is 5. The Morgan fingerprint density at radius 2 is 1.97 bits per heavy atom. The Balaban J connectivity index is 1.36. The fourth-order valence-corrected chi connectivity index (χ4v) is 5.19. The molecule has 9 heteroatoms. The summed E-state index contributed by atoms with van der Waals surface area (Å²) in [7, 11) is 0. The van der Waals surface area contributed by atoms with Crippen molar-refractivity contribution in [2.24, 2.45) is 5.41 Å². The predicted octanol–water partition coefficient (Wildman–Crippen LogP) is 5.28. The molecular formula is C29H27ClN6O2. The van der Waals surface area contributed by atoms with Gasteiger partial charge in [-0.2, -0.15) is 0 Å². The fraction of sp³-hybridized carbons (Fsp3) is 0.207. The zero-order valence-corrected chi connectivity index (χ0v) is 21.8. The van der Waals surface area contributed by atoms with Gasteiger partial charge in [0.1, 0.15) is 0 Å². The number of nitrogens with one attached hydrogen (secondary N) is 1. The van der Waals surface area contributed by atoms with Crippen LogP contribution in [0.15, 0.2) is 80.3 Å². The number of carbonyl (C=O) groups excluding carboxylic acids is 2. The van der Waals surface area contributed by atoms with E-state index in [1.807, 2.05) is 36.4 Å². The Hall–Kier alpha value is -4.30. The van der Waals surface area contributed by atoms with Crippen molar-refractivity contribution in [1.29, 1.82) is 0 Å². The highest BCUT2D eigenvalue weighted by Gasteiger charge is 2.52. The molecule has 3 aromatic rings. The third kappa shape index (κ3) is 4.95. The van der Waals surface area contributed by atoms with E-state index >= 15 is 0 Å². The van der Waals surface area contributed by atoms with E-state index in [0.29, 0.717) is 54.1 Å². The first kappa shape index (κ1) is 25.4. The second kappa shape index (κ2) is 10.2. The van der Waals surface area contributed by atoms with Crippen LogP contribution in [0.5, 0.6) is 0 Å². The molecule has 1 aromatic carbocycles. The van der Waals surface area contributed by atoms with Crippen LogP contribution in [0.4, 0.5) is 17.3 Å². The van der Waals surface area contributed by atoms with Gasteiger partial charge in [-0.25, -0.2) is 9.97 Å². The first-order valence-electron chi connectivity index (χ1n) is 12.2. The smallest absolute Gasteiger partial charge is 0.227 e. The van der Waals surface area contributed by atoms with Crippen LogP contribution in [0, 0.1) is 5.41 Å². The molecule has 0 unspecified atom stereocenters. The zero-order valence-electron chi connectivity index (χ0n) is 21.0. The van der Waals surface area contributed by atoms with E-state index in [-0.39, 0.29) is 17.2 Å². The topological polar surface area (TPSA) is 91.3 Å². The van der Waals surface area contributed by atoms with E-state index in [4.69, 9.17) is 11.6 Å². The molecule has 192 valence electrons. The number of aromatic nitrogens is 3. The van der Waals surface area contributed by atoms with Crippen LogP contribution in [-0.2, 0) is 9.59 Å². The number of carbonyl (C=O) groups is 2. The van der Waals surface area contributed by atoms with E-state index in [2.05, 4.69) is 33.4 Å². The van der Waals surface area contributed by atoms with Gasteiger partial charge >= 0.3 is 0 Å². The largest absolute Gasteiger partial charge is 0.342 e. The van der Waals surface area contributed by atoms with Gasteiger partial charge in [-0.1, -0.05) is 61.2 Å². The number of benzene rings is 1. The summed E-state index contributed by atoms with van der Waals surface area (Å²) in [6, 6.07) is 9.68. The maximum Gasteiger partial charge on any atom is 0.227 e. The maximum absolute atomic E-state index is 12.8. The van der Waals surface area contributed by atoms with Crippen LogP contribution in [0.2, 0.25) is 5.02 Å². The van der Waals surface area contributed by atoms with Gasteiger partial charge in [0, 0.05) is 44.0 Å². The fourth-order valence-electron chi connectivity index (χ4n) is 4.99. The number of pyridine rings is 1. The molecule has 2 amide bonds. The van der Waals surface area contributed by atoms with Crippen molar-refractivity contribution >= 4 is 46.3 Å². The average Bonchev–Trinajstić information content (AvgIpc) is 3.25. The number of likely N-dealkylation sites (tertiary alicyclic amines) is 1. The summed E-state index contributed by atoms with van der Waals surface area (Å²) in [4.78, 5) is 41.3. The summed E-state index contributed by atoms with van der Waals surface area (Å²) < 4.78 is 0. The monoisotopic (exact) mass is 526 g/mol. The Kier molecular flexibility index (Phi) is 6.82. The van der Waals surface area contributed by atoms with Crippen molar-refractivity contribution in [2.45, 2.75) is 13.3 Å². The summed E-state index contributed by atoms with van der Waals surface area (Å²) >= 11 is 6.48. The molecule has 38 heavy (non-hydrogen) atoms. The van der Waals surface area contributed by atoms with E-state index in [1.165, 1.54) is 0 Å². The summed E-state index contributed by atoms with van der Waals surface area (Å²) in [6.45, 7) is 11.0. The quantitative estimate of drug-likeness (QED) is 0.421. The molecule has 0 bridgehead atoms. The van der Waals surface area contributed by atoms with Crippen molar-refractivity contribution in [1.82, 2.24) is 19.9 Å². The SMILES string of the molecule is C=C/C=C(\C=C)c1cccc(-c2nc(Nc3cncc(N4CC5(CC4=O)CN(C(C)=O)C5)c3)ncc2Cl)c1. The van der Waals surface area contributed by atoms with Gasteiger partial charge in [0.25, 0.3) is 0 Å². The van der Waals surface area contributed by atoms with E-state index in [9.17, 15) is 9.59 Å². The second-order valence-electron chi connectivity index (χ2n) is 9.62. The van der Waals surface area contributed by atoms with Crippen molar-refractivity contribution in [2.75, 3.05) is 29.9 Å². The van der Waals surface area contributed by atoms with Gasteiger partial charge < -0.3 is 15.1 Å². The van der Waals surface area contributed by atoms with Crippen LogP contribution < -0.4 is 10.2 Å². The third-order valence-electron chi connectivity index (χ3n) is 6.84. The highest BCUT2D eigenvalue weighted by atomic mass is 35.5. The van der Waals surface area contributed by atoms with Crippen molar-refractivity contribution < 1.29 is 9.59 Å². The van der Waals surface area contributed by atoms with Crippen LogP contribution >= 0.6 is 11.6 Å². The Morgan fingerprint density at radius 3 is 2.71 bits per heavy atom. The lowest BCUT2D eigenvalue weighted by atomic mass is 9.79. The molecule has 0 atom stereocenters. The highest BCUT2D eigenvalue weighted by Crippen LogP contribution is 2.42. The summed E-state index contributed by atoms with van der Waals surface area (Å²) in [5.74, 6) is 0.416. The van der Waals surface area contributed by atoms with Crippen LogP contribution in [-0.4, -0.2) is 51.3 Å². The van der Waals surface area contributed by atoms with E-state index < -0.39 is 0 Å². The lowest BCUT2D eigenvalue weighted by molar-refractivity contribution is -0.140. The molecule has 0 radical (unpaired) electrons. The first-order valence-corrected chi connectivity index (χ1v) is 12.5. The molecule has 2 aliphatic heterocycles. The van der Waals surface area contributed by atoms with Crippen molar-refractivity contribution in [3.05, 3.63) is 90.9 Å². The summed E-state index contributed by atoms with van der Waals surface area (Å²) in [5, 5.41) is 3.60. The van der Waals surface area contributed by atoms with Gasteiger partial charge in [-0.15, -0.1) is 0 Å². The van der Waals surface area contributed by atoms with E-state index in [1.54, 1.807) is 47.5 Å². The standard InChI is InChI=1S/C29H27ClN6O2/c1-4-7-20(5-2)21-8-6-9-22(10-21)27-25(30)15-32-28(34-27)33-23-11-24(14-31-13-23)36-18-29(12-26(36)38)16-35(17-29)19(3)37/h4-11,13-15H,1-2,12,16-18H2,3H3,(H,32,33,34)/b20-7+. The van der Waals surface area contributed by atoms with Crippen LogP contribution in [0.3, 0.4) is 0 Å². The minimum absolute atomic E-state index is 0.0291. The number of allylic oxidation sites excluding steroid dienone is 4. The number of hydrogen-bond acceptors (Lipinski definition) is 6. The summed E-state index contributed by atoms with van der Waals surface area (Å²) in [5.41, 5.74) is 4.45. The van der Waals surface area contributed by atoms with Crippen LogP contribution in [0.1, 0.15) is 18.9 Å². The lowest BCUT2D eigenvalue weighted by Crippen LogP contribution is -2.59. The normalized spacial score (nSPS) is 16.4. The number of halogens is 1. The number of rotatable bonds is 7. The molecule has 2 fully saturated rings. The van der Waals surface area contributed by atoms with Crippen LogP contribution in [0.25, 0.3) is 16.8 Å². The highest BCUT2D eigenvalue weighted by molar-refractivity contribution is 6.32. The molecule has 5 rings (SSSR count). The number of hydrogen-bond donors (Lipinski definition) is 1. The third-order valence-corrected chi connectivity index (χ3v) is 7.12. The van der Waals surface area contributed by atoms with Crippen molar-refractivity contribution in [3.8, 4) is 11.3 Å². The number of amides is 2. The van der Waals surface area contributed by atoms with E-state index in [0.717, 1.165) is 16.7 Å². The first-order chi connectivity index (χ1) is 18.3. The summed E-state index contributed by atoms with van der Waals surface area (Å²) in [6.07, 6.45) is 10.7. The molecule has 2 saturated heterocycles. The Labute approximate surface area is 226 Å². The van der Waals surface area contributed by atoms with Gasteiger partial charge in [0.15, 0.2) is 0 Å². The van der Waals surface area contributed by atoms with Gasteiger partial charge in [-0.3, -0.25) is 14.6 Å². The minimum Gasteiger partial charge on any atom is -0.342 e. The lowest BCUT2D eigenvalue weighted by Gasteiger charge is -2.47. The average molecular weight is 527 g/mol. The van der Waals surface area contributed by atoms with Gasteiger partial charge in [0.2, 0.25) is 17.8 Å². The Morgan fingerprint density at radius 1 is 1.16 bits per heavy atom. The zero-order chi connectivity index (χ0) is 26.9. The molecule has 8 nitrogen and oxygen atoms in total. The molecule has 2 aliphatic rings. The maximum atomic E-state index is 12.8. The molecule has 1 spiro atoms. The minimum atomic E-state index is -0.179. The predicted molar refractivity (Wildman–Crippen MR) is 150 cm³/mol.